The molecule has 0 aliphatic heterocycles. The molecule has 5 aromatic rings. The molecule has 6 heteroatoms. The predicted molar refractivity (Wildman–Crippen MR) is 138 cm³/mol. The third-order valence-corrected chi connectivity index (χ3v) is 6.04. The van der Waals surface area contributed by atoms with E-state index in [1.165, 1.54) is 0 Å². The maximum atomic E-state index is 6.18. The molecule has 0 saturated heterocycles. The molecule has 0 spiro atoms. The normalized spacial score (nSPS) is 10.8. The van der Waals surface area contributed by atoms with Gasteiger partial charge in [-0.1, -0.05) is 72.8 Å². The molecule has 0 bridgehead atoms. The summed E-state index contributed by atoms with van der Waals surface area (Å²) in [7, 11) is 0. The second-order valence-corrected chi connectivity index (χ2v) is 8.23. The fraction of sp³-hybridized carbons (Fsp3) is 0.0370. The van der Waals surface area contributed by atoms with Crippen LogP contribution in [-0.4, -0.2) is 9.97 Å². The number of fused-ring (bicyclic) bond motifs is 1. The van der Waals surface area contributed by atoms with E-state index >= 15 is 0 Å². The van der Waals surface area contributed by atoms with Crippen molar-refractivity contribution in [1.82, 2.24) is 9.97 Å². The van der Waals surface area contributed by atoms with E-state index in [0.717, 1.165) is 39.0 Å². The van der Waals surface area contributed by atoms with Crippen LogP contribution in [0.5, 0.6) is 5.75 Å². The highest BCUT2D eigenvalue weighted by Crippen LogP contribution is 2.37. The van der Waals surface area contributed by atoms with Crippen LogP contribution in [0.1, 0.15) is 5.56 Å². The smallest absolute Gasteiger partial charge is 0.222 e. The molecule has 0 aliphatic carbocycles. The fourth-order valence-corrected chi connectivity index (χ4v) is 4.20. The second-order valence-electron chi connectivity index (χ2n) is 7.52. The van der Waals surface area contributed by atoms with Crippen molar-refractivity contribution in [2.75, 3.05) is 9.66 Å². The monoisotopic (exact) mass is 496 g/mol. The third-order valence-electron chi connectivity index (χ3n) is 5.30. The topological polar surface area (TPSA) is 64.3 Å². The molecular formula is C27H21BrN4O. The highest BCUT2D eigenvalue weighted by atomic mass is 79.9. The lowest BCUT2D eigenvalue weighted by Gasteiger charge is -2.18. The summed E-state index contributed by atoms with van der Waals surface area (Å²) >= 11 is 3.66. The summed E-state index contributed by atoms with van der Waals surface area (Å²) in [4.78, 5) is 8.96. The number of rotatable bonds is 6. The number of nitrogen functional groups attached to an aromatic ring is 1. The summed E-state index contributed by atoms with van der Waals surface area (Å²) in [6, 6.07) is 34.2. The third kappa shape index (κ3) is 4.52. The average Bonchev–Trinajstić information content (AvgIpc) is 2.87. The standard InChI is InChI=1S/C27H21BrN4O/c28-32(21-11-5-2-6-12-21)26-23-17-20(15-16-24(23)30-27(29)31-26)22-13-7-8-14-25(22)33-18-19-9-3-1-4-10-19/h1-17H,18H2,(H2,29,30,31). The van der Waals surface area contributed by atoms with Crippen LogP contribution < -0.4 is 14.4 Å². The Morgan fingerprint density at radius 2 is 1.48 bits per heavy atom. The summed E-state index contributed by atoms with van der Waals surface area (Å²) < 4.78 is 8.03. The molecule has 0 aliphatic rings. The van der Waals surface area contributed by atoms with Gasteiger partial charge >= 0.3 is 0 Å². The van der Waals surface area contributed by atoms with Crippen LogP contribution in [0.2, 0.25) is 0 Å². The summed E-state index contributed by atoms with van der Waals surface area (Å²) in [5.41, 5.74) is 10.9. The first-order chi connectivity index (χ1) is 16.2. The molecule has 0 radical (unpaired) electrons. The van der Waals surface area contributed by atoms with Crippen molar-refractivity contribution >= 4 is 44.5 Å². The Balaban J connectivity index is 1.56. The molecule has 1 aromatic heterocycles. The lowest BCUT2D eigenvalue weighted by molar-refractivity contribution is 0.307. The lowest BCUT2D eigenvalue weighted by atomic mass is 10.0. The number of para-hydroxylation sites is 2. The molecule has 5 nitrogen and oxygen atoms in total. The van der Waals surface area contributed by atoms with Crippen molar-refractivity contribution in [3.05, 3.63) is 109 Å². The summed E-state index contributed by atoms with van der Waals surface area (Å²) in [6.45, 7) is 0.500. The molecule has 2 N–H and O–H groups in total. The van der Waals surface area contributed by atoms with E-state index in [1.54, 1.807) is 0 Å². The maximum Gasteiger partial charge on any atom is 0.222 e. The van der Waals surface area contributed by atoms with Gasteiger partial charge in [-0.25, -0.2) is 4.98 Å². The Morgan fingerprint density at radius 3 is 2.27 bits per heavy atom. The zero-order chi connectivity index (χ0) is 22.6. The first kappa shape index (κ1) is 21.0. The first-order valence-electron chi connectivity index (χ1n) is 10.5. The van der Waals surface area contributed by atoms with Gasteiger partial charge in [0.1, 0.15) is 12.4 Å². The molecular weight excluding hydrogens is 476 g/mol. The predicted octanol–water partition coefficient (Wildman–Crippen LogP) is 6.91. The van der Waals surface area contributed by atoms with Crippen molar-refractivity contribution in [1.29, 1.82) is 0 Å². The van der Waals surface area contributed by atoms with Gasteiger partial charge in [-0.05, 0) is 41.5 Å². The van der Waals surface area contributed by atoms with Crippen molar-refractivity contribution in [3.8, 4) is 16.9 Å². The number of benzene rings is 4. The van der Waals surface area contributed by atoms with Crippen LogP contribution in [0, 0.1) is 0 Å². The van der Waals surface area contributed by atoms with Gasteiger partial charge in [-0.3, -0.25) is 3.93 Å². The highest BCUT2D eigenvalue weighted by molar-refractivity contribution is 9.10. The van der Waals surface area contributed by atoms with Crippen LogP contribution in [0.25, 0.3) is 22.0 Å². The lowest BCUT2D eigenvalue weighted by Crippen LogP contribution is -2.07. The highest BCUT2D eigenvalue weighted by Gasteiger charge is 2.16. The van der Waals surface area contributed by atoms with E-state index in [-0.39, 0.29) is 5.95 Å². The van der Waals surface area contributed by atoms with E-state index in [0.29, 0.717) is 12.4 Å². The van der Waals surface area contributed by atoms with Gasteiger partial charge in [0.05, 0.1) is 27.4 Å². The van der Waals surface area contributed by atoms with Gasteiger partial charge in [0.2, 0.25) is 5.95 Å². The molecule has 33 heavy (non-hydrogen) atoms. The number of anilines is 3. The molecule has 0 fully saturated rings. The van der Waals surface area contributed by atoms with Crippen LogP contribution >= 0.6 is 16.1 Å². The van der Waals surface area contributed by atoms with Crippen molar-refractivity contribution in [2.24, 2.45) is 0 Å². The Morgan fingerprint density at radius 1 is 0.788 bits per heavy atom. The van der Waals surface area contributed by atoms with Gasteiger partial charge in [-0.15, -0.1) is 0 Å². The van der Waals surface area contributed by atoms with E-state index in [9.17, 15) is 0 Å². The van der Waals surface area contributed by atoms with Gasteiger partial charge in [0, 0.05) is 10.9 Å². The summed E-state index contributed by atoms with van der Waals surface area (Å²) in [5.74, 6) is 1.71. The number of ether oxygens (including phenoxy) is 1. The molecule has 0 atom stereocenters. The molecule has 162 valence electrons. The van der Waals surface area contributed by atoms with Gasteiger partial charge in [-0.2, -0.15) is 4.98 Å². The first-order valence-corrected chi connectivity index (χ1v) is 11.2. The van der Waals surface area contributed by atoms with Crippen LogP contribution in [0.4, 0.5) is 17.5 Å². The molecule has 0 amide bonds. The molecule has 0 saturated carbocycles. The minimum atomic E-state index is 0.220. The Labute approximate surface area is 200 Å². The molecule has 4 aromatic carbocycles. The minimum absolute atomic E-state index is 0.220. The Kier molecular flexibility index (Phi) is 5.91. The largest absolute Gasteiger partial charge is 0.488 e. The van der Waals surface area contributed by atoms with Gasteiger partial charge in [0.15, 0.2) is 5.82 Å². The van der Waals surface area contributed by atoms with Crippen LogP contribution in [0.3, 0.4) is 0 Å². The number of aromatic nitrogens is 2. The summed E-state index contributed by atoms with van der Waals surface area (Å²) in [6.07, 6.45) is 0. The van der Waals surface area contributed by atoms with Gasteiger partial charge in [0.25, 0.3) is 0 Å². The maximum absolute atomic E-state index is 6.18. The second kappa shape index (κ2) is 9.30. The van der Waals surface area contributed by atoms with E-state index in [4.69, 9.17) is 10.5 Å². The zero-order valence-electron chi connectivity index (χ0n) is 17.7. The van der Waals surface area contributed by atoms with Crippen LogP contribution in [0.15, 0.2) is 103 Å². The minimum Gasteiger partial charge on any atom is -0.488 e. The number of nitrogens with two attached hydrogens (primary N) is 1. The Bertz CT molecular complexity index is 1390. The fourth-order valence-electron chi connectivity index (χ4n) is 3.69. The number of nitrogens with zero attached hydrogens (tertiary/aromatic N) is 3. The molecule has 0 unspecified atom stereocenters. The Hall–Kier alpha value is -3.90. The van der Waals surface area contributed by atoms with E-state index in [1.807, 2.05) is 82.8 Å². The number of hydrogen-bond acceptors (Lipinski definition) is 5. The van der Waals surface area contributed by atoms with Crippen molar-refractivity contribution in [2.45, 2.75) is 6.61 Å². The quantitative estimate of drug-likeness (QED) is 0.259. The van der Waals surface area contributed by atoms with E-state index < -0.39 is 0 Å². The average molecular weight is 497 g/mol. The van der Waals surface area contributed by atoms with Gasteiger partial charge < -0.3 is 10.5 Å². The zero-order valence-corrected chi connectivity index (χ0v) is 19.3. The van der Waals surface area contributed by atoms with Crippen molar-refractivity contribution < 1.29 is 4.74 Å². The number of halogens is 1. The number of hydrogen-bond donors (Lipinski definition) is 1. The van der Waals surface area contributed by atoms with E-state index in [2.05, 4.69) is 50.4 Å². The van der Waals surface area contributed by atoms with Crippen molar-refractivity contribution in [3.63, 3.8) is 0 Å². The molecule has 5 rings (SSSR count). The van der Waals surface area contributed by atoms with Crippen LogP contribution in [-0.2, 0) is 6.61 Å². The molecule has 1 heterocycles. The summed E-state index contributed by atoms with van der Waals surface area (Å²) in [5, 5.41) is 0.875. The SMILES string of the molecule is Nc1nc(N(Br)c2ccccc2)c2cc(-c3ccccc3OCc3ccccc3)ccc2n1.